The SMILES string of the molecule is Cl.Nc1cccc2c1CCCN2C(=O)CCN1C(=O)C2C3CCC(O3)C2C1=O. The quantitative estimate of drug-likeness (QED) is 0.608. The van der Waals surface area contributed by atoms with Crippen LogP contribution in [0.2, 0.25) is 0 Å². The smallest absolute Gasteiger partial charge is 0.235 e. The summed E-state index contributed by atoms with van der Waals surface area (Å²) in [6.07, 6.45) is 3.33. The van der Waals surface area contributed by atoms with E-state index >= 15 is 0 Å². The second kappa shape index (κ2) is 7.04. The first-order chi connectivity index (χ1) is 13.1. The number of hydrogen-bond donors (Lipinski definition) is 1. The summed E-state index contributed by atoms with van der Waals surface area (Å²) in [4.78, 5) is 41.3. The van der Waals surface area contributed by atoms with Crippen molar-refractivity contribution in [1.82, 2.24) is 4.90 Å². The molecule has 0 spiro atoms. The molecule has 150 valence electrons. The van der Waals surface area contributed by atoms with E-state index in [-0.39, 0.29) is 67.1 Å². The number of benzene rings is 1. The van der Waals surface area contributed by atoms with Gasteiger partial charge in [0.2, 0.25) is 17.7 Å². The van der Waals surface area contributed by atoms with E-state index in [2.05, 4.69) is 0 Å². The molecule has 4 unspecified atom stereocenters. The third-order valence-corrected chi connectivity index (χ3v) is 6.51. The number of anilines is 2. The van der Waals surface area contributed by atoms with Gasteiger partial charge < -0.3 is 15.4 Å². The Morgan fingerprint density at radius 1 is 1.14 bits per heavy atom. The highest BCUT2D eigenvalue weighted by Crippen LogP contribution is 2.48. The number of likely N-dealkylation sites (tertiary alicyclic amines) is 1. The Morgan fingerprint density at radius 3 is 2.50 bits per heavy atom. The van der Waals surface area contributed by atoms with Crippen LogP contribution >= 0.6 is 12.4 Å². The van der Waals surface area contributed by atoms with E-state index in [0.717, 1.165) is 36.9 Å². The average Bonchev–Trinajstić information content (AvgIpc) is 3.34. The maximum Gasteiger partial charge on any atom is 0.235 e. The predicted octanol–water partition coefficient (Wildman–Crippen LogP) is 1.52. The van der Waals surface area contributed by atoms with E-state index in [0.29, 0.717) is 12.2 Å². The van der Waals surface area contributed by atoms with Crippen LogP contribution in [0.15, 0.2) is 18.2 Å². The van der Waals surface area contributed by atoms with Gasteiger partial charge in [0.1, 0.15) is 0 Å². The van der Waals surface area contributed by atoms with Crippen molar-refractivity contribution < 1.29 is 19.1 Å². The van der Waals surface area contributed by atoms with Gasteiger partial charge in [-0.3, -0.25) is 19.3 Å². The molecule has 4 atom stereocenters. The lowest BCUT2D eigenvalue weighted by Gasteiger charge is -2.30. The molecule has 0 radical (unpaired) electrons. The van der Waals surface area contributed by atoms with Crippen LogP contribution in [0.1, 0.15) is 31.2 Å². The Kier molecular flexibility index (Phi) is 4.83. The van der Waals surface area contributed by atoms with Crippen molar-refractivity contribution >= 4 is 41.5 Å². The van der Waals surface area contributed by atoms with Gasteiger partial charge in [0.25, 0.3) is 0 Å². The number of ether oxygens (including phenoxy) is 1. The maximum absolute atomic E-state index is 12.8. The average molecular weight is 406 g/mol. The van der Waals surface area contributed by atoms with Gasteiger partial charge >= 0.3 is 0 Å². The molecule has 7 nitrogen and oxygen atoms in total. The molecule has 0 saturated carbocycles. The van der Waals surface area contributed by atoms with Gasteiger partial charge in [-0.1, -0.05) is 6.07 Å². The zero-order valence-electron chi connectivity index (χ0n) is 15.5. The number of halogens is 1. The van der Waals surface area contributed by atoms with Gasteiger partial charge in [-0.25, -0.2) is 0 Å². The first-order valence-corrected chi connectivity index (χ1v) is 9.74. The largest absolute Gasteiger partial charge is 0.398 e. The molecular formula is C20H24ClN3O4. The van der Waals surface area contributed by atoms with E-state index in [1.165, 1.54) is 4.90 Å². The van der Waals surface area contributed by atoms with Crippen molar-refractivity contribution in [2.45, 2.75) is 44.3 Å². The number of imide groups is 1. The first-order valence-electron chi connectivity index (χ1n) is 9.74. The highest BCUT2D eigenvalue weighted by Gasteiger charge is 2.62. The minimum Gasteiger partial charge on any atom is -0.398 e. The minimum atomic E-state index is -0.332. The Bertz CT molecular complexity index is 817. The molecule has 28 heavy (non-hydrogen) atoms. The molecule has 4 heterocycles. The summed E-state index contributed by atoms with van der Waals surface area (Å²) in [6.45, 7) is 0.789. The van der Waals surface area contributed by atoms with Gasteiger partial charge in [-0.15, -0.1) is 12.4 Å². The Labute approximate surface area is 169 Å². The number of carbonyl (C=O) groups is 3. The van der Waals surface area contributed by atoms with E-state index in [1.54, 1.807) is 4.90 Å². The Morgan fingerprint density at radius 2 is 1.82 bits per heavy atom. The van der Waals surface area contributed by atoms with Crippen LogP contribution in [-0.2, 0) is 25.5 Å². The summed E-state index contributed by atoms with van der Waals surface area (Å²) in [5, 5.41) is 0. The molecule has 4 aliphatic heterocycles. The first kappa shape index (κ1) is 19.2. The summed E-state index contributed by atoms with van der Waals surface area (Å²) in [5.74, 6) is -1.05. The molecule has 3 amide bonds. The number of amides is 3. The van der Waals surface area contributed by atoms with Gasteiger partial charge in [0.05, 0.1) is 24.0 Å². The van der Waals surface area contributed by atoms with Crippen LogP contribution in [0.5, 0.6) is 0 Å². The molecule has 3 saturated heterocycles. The monoisotopic (exact) mass is 405 g/mol. The number of nitrogen functional groups attached to an aromatic ring is 1. The molecule has 4 aliphatic rings. The molecule has 1 aromatic rings. The third kappa shape index (κ3) is 2.71. The van der Waals surface area contributed by atoms with Crippen LogP contribution in [0.25, 0.3) is 0 Å². The molecule has 0 aliphatic carbocycles. The fraction of sp³-hybridized carbons (Fsp3) is 0.550. The molecule has 3 fully saturated rings. The normalized spacial score (nSPS) is 30.3. The molecule has 0 aromatic heterocycles. The number of nitrogens with two attached hydrogens (primary N) is 1. The van der Waals surface area contributed by atoms with Crippen molar-refractivity contribution in [3.63, 3.8) is 0 Å². The maximum atomic E-state index is 12.8. The molecule has 2 N–H and O–H groups in total. The number of fused-ring (bicyclic) bond motifs is 6. The van der Waals surface area contributed by atoms with Gasteiger partial charge in [-0.2, -0.15) is 0 Å². The summed E-state index contributed by atoms with van der Waals surface area (Å²) in [7, 11) is 0. The minimum absolute atomic E-state index is 0. The van der Waals surface area contributed by atoms with E-state index in [4.69, 9.17) is 10.5 Å². The number of carbonyl (C=O) groups excluding carboxylic acids is 3. The number of nitrogens with zero attached hydrogens (tertiary/aromatic N) is 2. The van der Waals surface area contributed by atoms with Crippen molar-refractivity contribution in [1.29, 1.82) is 0 Å². The summed E-state index contributed by atoms with van der Waals surface area (Å²) >= 11 is 0. The lowest BCUT2D eigenvalue weighted by atomic mass is 9.81. The van der Waals surface area contributed by atoms with Crippen LogP contribution in [0.4, 0.5) is 11.4 Å². The van der Waals surface area contributed by atoms with Crippen LogP contribution < -0.4 is 10.6 Å². The summed E-state index contributed by atoms with van der Waals surface area (Å²) in [5.41, 5.74) is 8.62. The van der Waals surface area contributed by atoms with E-state index in [9.17, 15) is 14.4 Å². The third-order valence-electron chi connectivity index (χ3n) is 6.51. The summed E-state index contributed by atoms with van der Waals surface area (Å²) in [6, 6.07) is 5.61. The predicted molar refractivity (Wildman–Crippen MR) is 105 cm³/mol. The number of rotatable bonds is 3. The second-order valence-electron chi connectivity index (χ2n) is 7.91. The van der Waals surface area contributed by atoms with Crippen molar-refractivity contribution in [2.75, 3.05) is 23.7 Å². The Hall–Kier alpha value is -2.12. The highest BCUT2D eigenvalue weighted by atomic mass is 35.5. The molecule has 1 aromatic carbocycles. The van der Waals surface area contributed by atoms with Crippen molar-refractivity contribution in [2.24, 2.45) is 11.8 Å². The topological polar surface area (TPSA) is 92.9 Å². The zero-order chi connectivity index (χ0) is 18.7. The molecule has 2 bridgehead atoms. The number of hydrogen-bond acceptors (Lipinski definition) is 5. The van der Waals surface area contributed by atoms with Crippen molar-refractivity contribution in [3.05, 3.63) is 23.8 Å². The van der Waals surface area contributed by atoms with Crippen LogP contribution in [0.3, 0.4) is 0 Å². The molecule has 5 rings (SSSR count). The van der Waals surface area contributed by atoms with Gasteiger partial charge in [0, 0.05) is 30.9 Å². The zero-order valence-corrected chi connectivity index (χ0v) is 16.3. The Balaban J connectivity index is 0.00000192. The second-order valence-corrected chi connectivity index (χ2v) is 7.91. The molecule has 8 heteroatoms. The van der Waals surface area contributed by atoms with Crippen LogP contribution in [0, 0.1) is 11.8 Å². The van der Waals surface area contributed by atoms with E-state index in [1.807, 2.05) is 18.2 Å². The van der Waals surface area contributed by atoms with Gasteiger partial charge in [-0.05, 0) is 43.4 Å². The lowest BCUT2D eigenvalue weighted by Crippen LogP contribution is -2.40. The summed E-state index contributed by atoms with van der Waals surface area (Å²) < 4.78 is 5.74. The fourth-order valence-electron chi connectivity index (χ4n) is 5.25. The van der Waals surface area contributed by atoms with E-state index < -0.39 is 0 Å². The molecular weight excluding hydrogens is 382 g/mol. The standard InChI is InChI=1S/C20H23N3O4.ClH/c21-12-4-1-5-13-11(12)3-2-9-22(13)16(24)8-10-23-19(25)17-14-6-7-15(27-14)18(17)20(23)26;/h1,4-5,14-15,17-18H,2-3,6-10,21H2;1H. The van der Waals surface area contributed by atoms with Gasteiger partial charge in [0.15, 0.2) is 0 Å². The van der Waals surface area contributed by atoms with Crippen molar-refractivity contribution in [3.8, 4) is 0 Å². The fourth-order valence-corrected chi connectivity index (χ4v) is 5.25. The highest BCUT2D eigenvalue weighted by molar-refractivity contribution is 6.07. The van der Waals surface area contributed by atoms with Crippen LogP contribution in [-0.4, -0.2) is 47.9 Å². The lowest BCUT2D eigenvalue weighted by molar-refractivity contribution is -0.142.